The topological polar surface area (TPSA) is 78.0 Å². The molecule has 0 saturated carbocycles. The molecule has 0 aliphatic carbocycles. The van der Waals surface area contributed by atoms with Crippen LogP contribution in [0, 0.1) is 26.7 Å². The van der Waals surface area contributed by atoms with Crippen molar-refractivity contribution >= 4 is 32.5 Å². The van der Waals surface area contributed by atoms with Crippen molar-refractivity contribution in [2.45, 2.75) is 83.1 Å². The highest BCUT2D eigenvalue weighted by molar-refractivity contribution is 7.89. The predicted octanol–water partition coefficient (Wildman–Crippen LogP) is 4.10. The maximum absolute atomic E-state index is 13.3. The number of aryl methyl sites for hydroxylation is 3. The third-order valence-electron chi connectivity index (χ3n) is 8.22. The molecule has 1 atom stereocenters. The van der Waals surface area contributed by atoms with E-state index in [0.717, 1.165) is 42.5 Å². The van der Waals surface area contributed by atoms with Gasteiger partial charge in [0.2, 0.25) is 20.0 Å². The molecule has 1 unspecified atom stereocenters. The summed E-state index contributed by atoms with van der Waals surface area (Å²) in [6.07, 6.45) is 7.60. The summed E-state index contributed by atoms with van der Waals surface area (Å²) in [5, 5.41) is 0. The molecule has 0 radical (unpaired) electrons. The minimum atomic E-state index is -3.56. The van der Waals surface area contributed by atoms with E-state index in [1.54, 1.807) is 8.61 Å². The molecule has 0 aromatic heterocycles. The maximum Gasteiger partial charge on any atom is 0.243 e. The van der Waals surface area contributed by atoms with Gasteiger partial charge in [0.25, 0.3) is 0 Å². The molecular weight excluding hydrogens is 518 g/mol. The van der Waals surface area contributed by atoms with Gasteiger partial charge in [-0.3, -0.25) is 0 Å². The van der Waals surface area contributed by atoms with Crippen molar-refractivity contribution in [3.05, 3.63) is 28.8 Å². The van der Waals surface area contributed by atoms with E-state index in [9.17, 15) is 16.8 Å². The van der Waals surface area contributed by atoms with E-state index in [1.807, 2.05) is 32.9 Å². The highest BCUT2D eigenvalue weighted by Crippen LogP contribution is 2.33. The number of hydrogen-bond donors (Lipinski definition) is 0. The molecule has 1 aromatic rings. The lowest BCUT2D eigenvalue weighted by atomic mass is 9.94. The largest absolute Gasteiger partial charge is 0.303 e. The first kappa shape index (κ1) is 29.8. The Balaban J connectivity index is 0.00000361. The quantitative estimate of drug-likeness (QED) is 0.430. The van der Waals surface area contributed by atoms with Gasteiger partial charge in [-0.2, -0.15) is 4.31 Å². The van der Waals surface area contributed by atoms with Gasteiger partial charge < -0.3 is 4.90 Å². The maximum atomic E-state index is 13.3. The SMILES string of the molecule is Cc1cc(C)c(S(=O)(=O)N2CCC2CCCS(=O)(=O)N2CCC(CCN3CCCC3)CC2)c(C)c1.Cl. The van der Waals surface area contributed by atoms with E-state index in [4.69, 9.17) is 0 Å². The molecule has 206 valence electrons. The molecule has 3 saturated heterocycles. The molecule has 4 rings (SSSR count). The van der Waals surface area contributed by atoms with Crippen LogP contribution in [-0.2, 0) is 20.0 Å². The van der Waals surface area contributed by atoms with Crippen molar-refractivity contribution in [1.82, 2.24) is 13.5 Å². The van der Waals surface area contributed by atoms with Crippen LogP contribution in [0.25, 0.3) is 0 Å². The standard InChI is InChI=1S/C26H43N3O4S2.ClH/c1-21-19-22(2)26(23(3)20-21)35(32,33)29-17-11-25(29)7-6-18-34(30,31)28-15-9-24(10-16-28)8-14-27-12-4-5-13-27;/h19-20,24-25H,4-18H2,1-3H3;1H. The van der Waals surface area contributed by atoms with Crippen LogP contribution in [0.3, 0.4) is 0 Å². The number of sulfonamides is 2. The van der Waals surface area contributed by atoms with E-state index in [1.165, 1.54) is 32.4 Å². The Hall–Kier alpha value is -0.710. The first-order valence-corrected chi connectivity index (χ1v) is 16.4. The van der Waals surface area contributed by atoms with Gasteiger partial charge in [-0.05, 0) is 109 Å². The Kier molecular flexibility index (Phi) is 10.3. The average molecular weight is 562 g/mol. The van der Waals surface area contributed by atoms with Crippen molar-refractivity contribution in [3.63, 3.8) is 0 Å². The molecule has 3 fully saturated rings. The van der Waals surface area contributed by atoms with Gasteiger partial charge in [-0.15, -0.1) is 12.4 Å². The minimum absolute atomic E-state index is 0. The van der Waals surface area contributed by atoms with E-state index in [0.29, 0.717) is 43.3 Å². The molecule has 3 heterocycles. The summed E-state index contributed by atoms with van der Waals surface area (Å²) in [7, 11) is -6.85. The zero-order valence-corrected chi connectivity index (χ0v) is 24.6. The highest BCUT2D eigenvalue weighted by Gasteiger charge is 2.39. The highest BCUT2D eigenvalue weighted by atomic mass is 35.5. The molecule has 3 aliphatic heterocycles. The number of likely N-dealkylation sites (tertiary alicyclic amines) is 1. The zero-order chi connectivity index (χ0) is 25.2. The first-order valence-electron chi connectivity index (χ1n) is 13.4. The Labute approximate surface area is 225 Å². The Morgan fingerprint density at radius 3 is 2.00 bits per heavy atom. The van der Waals surface area contributed by atoms with E-state index < -0.39 is 20.0 Å². The van der Waals surface area contributed by atoms with Crippen molar-refractivity contribution in [1.29, 1.82) is 0 Å². The molecule has 3 aliphatic rings. The molecule has 10 heteroatoms. The van der Waals surface area contributed by atoms with Crippen LogP contribution >= 0.6 is 12.4 Å². The predicted molar refractivity (Wildman–Crippen MR) is 148 cm³/mol. The third kappa shape index (κ3) is 6.83. The van der Waals surface area contributed by atoms with Crippen LogP contribution in [0.15, 0.2) is 17.0 Å². The molecule has 0 amide bonds. The molecule has 36 heavy (non-hydrogen) atoms. The number of nitrogens with zero attached hydrogens (tertiary/aromatic N) is 3. The normalized spacial score (nSPS) is 22.9. The summed E-state index contributed by atoms with van der Waals surface area (Å²) in [5.41, 5.74) is 2.61. The summed E-state index contributed by atoms with van der Waals surface area (Å²) >= 11 is 0. The lowest BCUT2D eigenvalue weighted by Crippen LogP contribution is -2.51. The van der Waals surface area contributed by atoms with Crippen LogP contribution in [-0.4, -0.2) is 81.4 Å². The smallest absolute Gasteiger partial charge is 0.243 e. The number of rotatable bonds is 10. The van der Waals surface area contributed by atoms with Crippen LogP contribution in [0.5, 0.6) is 0 Å². The molecule has 7 nitrogen and oxygen atoms in total. The van der Waals surface area contributed by atoms with Crippen LogP contribution in [0.4, 0.5) is 0 Å². The Morgan fingerprint density at radius 2 is 1.44 bits per heavy atom. The van der Waals surface area contributed by atoms with Crippen molar-refractivity contribution in [2.75, 3.05) is 45.0 Å². The summed E-state index contributed by atoms with van der Waals surface area (Å²) in [6.45, 7) is 11.0. The molecule has 0 N–H and O–H groups in total. The van der Waals surface area contributed by atoms with Gasteiger partial charge in [0, 0.05) is 25.7 Å². The molecule has 1 aromatic carbocycles. The second kappa shape index (κ2) is 12.4. The van der Waals surface area contributed by atoms with Gasteiger partial charge in [0.15, 0.2) is 0 Å². The first-order chi connectivity index (χ1) is 16.6. The zero-order valence-electron chi connectivity index (χ0n) is 22.1. The molecule has 0 bridgehead atoms. The second-order valence-corrected chi connectivity index (χ2v) is 14.8. The summed E-state index contributed by atoms with van der Waals surface area (Å²) < 4.78 is 55.9. The number of benzene rings is 1. The van der Waals surface area contributed by atoms with Crippen LogP contribution in [0.2, 0.25) is 0 Å². The van der Waals surface area contributed by atoms with Crippen LogP contribution < -0.4 is 0 Å². The van der Waals surface area contributed by atoms with Gasteiger partial charge in [-0.25, -0.2) is 21.1 Å². The number of hydrogen-bond acceptors (Lipinski definition) is 5. The fourth-order valence-electron chi connectivity index (χ4n) is 6.19. The lowest BCUT2D eigenvalue weighted by molar-refractivity contribution is 0.187. The van der Waals surface area contributed by atoms with Crippen molar-refractivity contribution in [2.24, 2.45) is 5.92 Å². The number of halogens is 1. The summed E-state index contributed by atoms with van der Waals surface area (Å²) in [5.74, 6) is 0.739. The fraction of sp³-hybridized carbons (Fsp3) is 0.769. The van der Waals surface area contributed by atoms with Crippen LogP contribution in [0.1, 0.15) is 68.1 Å². The third-order valence-corrected chi connectivity index (χ3v) is 12.4. The summed E-state index contributed by atoms with van der Waals surface area (Å²) in [6, 6.07) is 3.72. The monoisotopic (exact) mass is 561 g/mol. The Morgan fingerprint density at radius 1 is 0.833 bits per heavy atom. The van der Waals surface area contributed by atoms with Gasteiger partial charge in [0.05, 0.1) is 10.6 Å². The number of piperidine rings is 1. The second-order valence-electron chi connectivity index (χ2n) is 10.9. The Bertz CT molecular complexity index is 1070. The molecular formula is C26H44ClN3O4S2. The lowest BCUT2D eigenvalue weighted by Gasteiger charge is -2.40. The van der Waals surface area contributed by atoms with E-state index in [2.05, 4.69) is 4.90 Å². The molecule has 0 spiro atoms. The minimum Gasteiger partial charge on any atom is -0.303 e. The average Bonchev–Trinajstić information content (AvgIpc) is 3.27. The van der Waals surface area contributed by atoms with Gasteiger partial charge >= 0.3 is 0 Å². The van der Waals surface area contributed by atoms with E-state index in [-0.39, 0.29) is 24.2 Å². The fourth-order valence-corrected chi connectivity index (χ4v) is 9.86. The van der Waals surface area contributed by atoms with Gasteiger partial charge in [-0.1, -0.05) is 17.7 Å². The van der Waals surface area contributed by atoms with Gasteiger partial charge in [0.1, 0.15) is 0 Å². The van der Waals surface area contributed by atoms with Crippen molar-refractivity contribution < 1.29 is 16.8 Å². The summed E-state index contributed by atoms with van der Waals surface area (Å²) in [4.78, 5) is 2.95. The van der Waals surface area contributed by atoms with E-state index >= 15 is 0 Å². The van der Waals surface area contributed by atoms with Crippen molar-refractivity contribution in [3.8, 4) is 0 Å².